The third-order valence-electron chi connectivity index (χ3n) is 4.31. The number of carbonyl (C=O) groups excluding carboxylic acids is 2. The summed E-state index contributed by atoms with van der Waals surface area (Å²) in [5.41, 5.74) is 0.409. The van der Waals surface area contributed by atoms with Crippen LogP contribution in [-0.4, -0.2) is 41.2 Å². The molecular formula is C18H17BrCl2N2O2S. The van der Waals surface area contributed by atoms with Crippen LogP contribution in [-0.2, 0) is 11.3 Å². The molecule has 1 aliphatic rings. The normalized spacial score (nSPS) is 16.8. The molecule has 2 amide bonds. The molecule has 1 aliphatic heterocycles. The van der Waals surface area contributed by atoms with E-state index in [0.29, 0.717) is 35.1 Å². The number of carbonyl (C=O) groups is 2. The zero-order valence-corrected chi connectivity index (χ0v) is 18.0. The van der Waals surface area contributed by atoms with Gasteiger partial charge in [-0.2, -0.15) is 0 Å². The number of hydrogen-bond acceptors (Lipinski definition) is 3. The highest BCUT2D eigenvalue weighted by molar-refractivity contribution is 9.11. The van der Waals surface area contributed by atoms with Crippen LogP contribution in [0.3, 0.4) is 0 Å². The third kappa shape index (κ3) is 4.42. The molecule has 3 rings (SSSR count). The van der Waals surface area contributed by atoms with Gasteiger partial charge >= 0.3 is 0 Å². The van der Waals surface area contributed by atoms with Crippen LogP contribution in [0.1, 0.15) is 28.1 Å². The number of likely N-dealkylation sites (N-methyl/N-ethyl adjacent to an activating group) is 1. The largest absolute Gasteiger partial charge is 0.339 e. The predicted octanol–water partition coefficient (Wildman–Crippen LogP) is 5.08. The van der Waals surface area contributed by atoms with E-state index in [0.717, 1.165) is 15.1 Å². The van der Waals surface area contributed by atoms with Crippen molar-refractivity contribution in [2.75, 3.05) is 13.6 Å². The number of hydrogen-bond donors (Lipinski definition) is 0. The Bertz CT molecular complexity index is 822. The first-order valence-electron chi connectivity index (χ1n) is 8.11. The molecule has 0 bridgehead atoms. The highest BCUT2D eigenvalue weighted by atomic mass is 79.9. The van der Waals surface area contributed by atoms with Gasteiger partial charge < -0.3 is 9.80 Å². The Kier molecular flexibility index (Phi) is 6.28. The van der Waals surface area contributed by atoms with Gasteiger partial charge in [0.25, 0.3) is 5.91 Å². The van der Waals surface area contributed by atoms with Gasteiger partial charge in [-0.15, -0.1) is 11.3 Å². The fourth-order valence-electron chi connectivity index (χ4n) is 3.11. The van der Waals surface area contributed by atoms with E-state index >= 15 is 0 Å². The zero-order chi connectivity index (χ0) is 18.8. The van der Waals surface area contributed by atoms with Crippen molar-refractivity contribution in [1.29, 1.82) is 0 Å². The summed E-state index contributed by atoms with van der Waals surface area (Å²) in [5, 5.41) is 0.812. The predicted molar refractivity (Wildman–Crippen MR) is 109 cm³/mol. The second-order valence-corrected chi connectivity index (χ2v) is 9.64. The fraction of sp³-hybridized carbons (Fsp3) is 0.333. The molecule has 1 atom stereocenters. The average Bonchev–Trinajstić information content (AvgIpc) is 3.21. The Morgan fingerprint density at radius 1 is 1.27 bits per heavy atom. The third-order valence-corrected chi connectivity index (χ3v) is 6.35. The van der Waals surface area contributed by atoms with Gasteiger partial charge in [-0.25, -0.2) is 0 Å². The van der Waals surface area contributed by atoms with E-state index in [-0.39, 0.29) is 11.8 Å². The Labute approximate surface area is 174 Å². The standard InChI is InChI=1S/C18H17BrCl2N2O2S/c1-22(10-14-4-5-16(19)26-14)18(25)15-3-2-6-23(15)17(24)11-7-12(20)9-13(21)8-11/h4-5,7-9,15H,2-3,6,10H2,1H3. The van der Waals surface area contributed by atoms with Crippen molar-refractivity contribution in [2.45, 2.75) is 25.4 Å². The number of amides is 2. The Hall–Kier alpha value is -1.08. The molecule has 1 aromatic heterocycles. The van der Waals surface area contributed by atoms with Crippen LogP contribution in [0.4, 0.5) is 0 Å². The first-order chi connectivity index (χ1) is 12.3. The highest BCUT2D eigenvalue weighted by Crippen LogP contribution is 2.27. The molecule has 2 heterocycles. The fourth-order valence-corrected chi connectivity index (χ4v) is 5.18. The highest BCUT2D eigenvalue weighted by Gasteiger charge is 2.36. The van der Waals surface area contributed by atoms with Crippen molar-refractivity contribution in [3.63, 3.8) is 0 Å². The van der Waals surface area contributed by atoms with Crippen LogP contribution < -0.4 is 0 Å². The Morgan fingerprint density at radius 2 is 1.96 bits per heavy atom. The van der Waals surface area contributed by atoms with Gasteiger partial charge in [0.05, 0.1) is 10.3 Å². The Balaban J connectivity index is 1.74. The summed E-state index contributed by atoms with van der Waals surface area (Å²) in [6.45, 7) is 1.08. The van der Waals surface area contributed by atoms with Gasteiger partial charge in [-0.3, -0.25) is 9.59 Å². The minimum Gasteiger partial charge on any atom is -0.339 e. The average molecular weight is 476 g/mol. The number of nitrogens with zero attached hydrogens (tertiary/aromatic N) is 2. The van der Waals surface area contributed by atoms with Gasteiger partial charge in [-0.05, 0) is 59.1 Å². The Morgan fingerprint density at radius 3 is 2.58 bits per heavy atom. The summed E-state index contributed by atoms with van der Waals surface area (Å²) in [6.07, 6.45) is 1.46. The molecule has 0 spiro atoms. The zero-order valence-electron chi connectivity index (χ0n) is 14.0. The molecule has 0 aliphatic carbocycles. The molecule has 1 saturated heterocycles. The lowest BCUT2D eigenvalue weighted by Gasteiger charge is -2.28. The minimum atomic E-state index is -0.450. The lowest BCUT2D eigenvalue weighted by atomic mass is 10.1. The lowest BCUT2D eigenvalue weighted by molar-refractivity contribution is -0.134. The topological polar surface area (TPSA) is 40.6 Å². The van der Waals surface area contributed by atoms with E-state index in [1.54, 1.807) is 46.4 Å². The molecule has 0 N–H and O–H groups in total. The van der Waals surface area contributed by atoms with E-state index in [9.17, 15) is 9.59 Å². The number of halogens is 3. The molecule has 0 radical (unpaired) electrons. The van der Waals surface area contributed by atoms with Crippen LogP contribution in [0.15, 0.2) is 34.1 Å². The summed E-state index contributed by atoms with van der Waals surface area (Å²) in [4.78, 5) is 30.2. The maximum atomic E-state index is 12.9. The summed E-state index contributed by atoms with van der Waals surface area (Å²) in [7, 11) is 1.77. The smallest absolute Gasteiger partial charge is 0.254 e. The quantitative estimate of drug-likeness (QED) is 0.618. The summed E-state index contributed by atoms with van der Waals surface area (Å²) >= 11 is 17.0. The van der Waals surface area contributed by atoms with Crippen molar-refractivity contribution in [3.05, 3.63) is 54.6 Å². The number of thiophene rings is 1. The lowest BCUT2D eigenvalue weighted by Crippen LogP contribution is -2.46. The van der Waals surface area contributed by atoms with Gasteiger partial charge in [0.15, 0.2) is 0 Å². The molecule has 4 nitrogen and oxygen atoms in total. The van der Waals surface area contributed by atoms with Crippen LogP contribution in [0, 0.1) is 0 Å². The maximum absolute atomic E-state index is 12.9. The second-order valence-electron chi connectivity index (χ2n) is 6.21. The van der Waals surface area contributed by atoms with Gasteiger partial charge in [-0.1, -0.05) is 23.2 Å². The first kappa shape index (κ1) is 19.7. The second kappa shape index (κ2) is 8.30. The van der Waals surface area contributed by atoms with E-state index < -0.39 is 6.04 Å². The van der Waals surface area contributed by atoms with E-state index in [1.165, 1.54) is 0 Å². The van der Waals surface area contributed by atoms with Gasteiger partial charge in [0, 0.05) is 34.1 Å². The summed E-state index contributed by atoms with van der Waals surface area (Å²) < 4.78 is 1.03. The number of rotatable bonds is 4. The molecule has 0 saturated carbocycles. The maximum Gasteiger partial charge on any atom is 0.254 e. The molecule has 138 valence electrons. The minimum absolute atomic E-state index is 0.0477. The van der Waals surface area contributed by atoms with E-state index in [4.69, 9.17) is 23.2 Å². The summed E-state index contributed by atoms with van der Waals surface area (Å²) in [6, 6.07) is 8.26. The number of likely N-dealkylation sites (tertiary alicyclic amines) is 1. The summed E-state index contributed by atoms with van der Waals surface area (Å²) in [5.74, 6) is -0.258. The van der Waals surface area contributed by atoms with Crippen molar-refractivity contribution in [2.24, 2.45) is 0 Å². The molecule has 2 aromatic rings. The molecule has 1 fully saturated rings. The van der Waals surface area contributed by atoms with Crippen LogP contribution in [0.25, 0.3) is 0 Å². The number of benzene rings is 1. The van der Waals surface area contributed by atoms with Crippen molar-refractivity contribution in [3.8, 4) is 0 Å². The SMILES string of the molecule is CN(Cc1ccc(Br)s1)C(=O)C1CCCN1C(=O)c1cc(Cl)cc(Cl)c1. The van der Waals surface area contributed by atoms with Crippen LogP contribution in [0.5, 0.6) is 0 Å². The molecule has 26 heavy (non-hydrogen) atoms. The molecular weight excluding hydrogens is 459 g/mol. The van der Waals surface area contributed by atoms with Crippen molar-refractivity contribution in [1.82, 2.24) is 9.80 Å². The van der Waals surface area contributed by atoms with E-state index in [2.05, 4.69) is 15.9 Å². The first-order valence-corrected chi connectivity index (χ1v) is 10.5. The van der Waals surface area contributed by atoms with E-state index in [1.807, 2.05) is 12.1 Å². The molecule has 1 aromatic carbocycles. The molecule has 1 unspecified atom stereocenters. The molecule has 8 heteroatoms. The monoisotopic (exact) mass is 474 g/mol. The van der Waals surface area contributed by atoms with Crippen LogP contribution >= 0.6 is 50.5 Å². The van der Waals surface area contributed by atoms with Gasteiger partial charge in [0.2, 0.25) is 5.91 Å². The van der Waals surface area contributed by atoms with Gasteiger partial charge in [0.1, 0.15) is 6.04 Å². The van der Waals surface area contributed by atoms with Crippen molar-refractivity contribution < 1.29 is 9.59 Å². The van der Waals surface area contributed by atoms with Crippen molar-refractivity contribution >= 4 is 62.3 Å². The van der Waals surface area contributed by atoms with Crippen LogP contribution in [0.2, 0.25) is 10.0 Å².